The normalized spacial score (nSPS) is 16.9. The minimum atomic E-state index is -4.76. The third-order valence-corrected chi connectivity index (χ3v) is 3.07. The number of halogens is 5. The molecular weight excluding hydrogens is 285 g/mol. The van der Waals surface area contributed by atoms with E-state index in [-0.39, 0.29) is 24.4 Å². The summed E-state index contributed by atoms with van der Waals surface area (Å²) in [6.45, 7) is 0. The van der Waals surface area contributed by atoms with Crippen molar-refractivity contribution in [1.82, 2.24) is 0 Å². The maximum absolute atomic E-state index is 13.7. The molecule has 2 rings (SSSR count). The van der Waals surface area contributed by atoms with Crippen LogP contribution in [-0.2, 0) is 11.2 Å². The van der Waals surface area contributed by atoms with E-state index in [1.807, 2.05) is 0 Å². The van der Waals surface area contributed by atoms with Gasteiger partial charge in [-0.15, -0.1) is 0 Å². The van der Waals surface area contributed by atoms with Crippen LogP contribution in [0, 0.1) is 5.82 Å². The van der Waals surface area contributed by atoms with Gasteiger partial charge in [0, 0.05) is 17.7 Å². The van der Waals surface area contributed by atoms with Gasteiger partial charge in [0.25, 0.3) is 0 Å². The molecule has 1 atom stereocenters. The van der Waals surface area contributed by atoms with Crippen molar-refractivity contribution in [2.24, 2.45) is 0 Å². The number of hydrogen-bond donors (Lipinski definition) is 2. The Bertz CT molecular complexity index is 547. The van der Waals surface area contributed by atoms with Crippen molar-refractivity contribution < 1.29 is 31.9 Å². The highest BCUT2D eigenvalue weighted by molar-refractivity contribution is 5.93. The van der Waals surface area contributed by atoms with E-state index in [0.717, 1.165) is 12.1 Å². The molecule has 2 N–H and O–H groups in total. The average molecular weight is 295 g/mol. The SMILES string of the molecule is O=C1CCc2cc(C(O)C(F)(F)C(F)F)c(F)cc2N1. The van der Waals surface area contributed by atoms with Crippen LogP contribution >= 0.6 is 0 Å². The monoisotopic (exact) mass is 295 g/mol. The first-order valence-electron chi connectivity index (χ1n) is 5.69. The number of aryl methyl sites for hydroxylation is 1. The van der Waals surface area contributed by atoms with E-state index in [9.17, 15) is 31.9 Å². The fraction of sp³-hybridized carbons (Fsp3) is 0.417. The molecular formula is C12H10F5NO2. The number of benzene rings is 1. The molecule has 0 radical (unpaired) electrons. The largest absolute Gasteiger partial charge is 0.382 e. The Balaban J connectivity index is 2.41. The maximum Gasteiger partial charge on any atom is 0.336 e. The Morgan fingerprint density at radius 2 is 1.90 bits per heavy atom. The van der Waals surface area contributed by atoms with Gasteiger partial charge in [0.05, 0.1) is 0 Å². The molecule has 0 spiro atoms. The van der Waals surface area contributed by atoms with Gasteiger partial charge in [-0.2, -0.15) is 8.78 Å². The van der Waals surface area contributed by atoms with Crippen LogP contribution in [-0.4, -0.2) is 23.4 Å². The number of alkyl halides is 4. The van der Waals surface area contributed by atoms with Crippen molar-refractivity contribution in [3.05, 3.63) is 29.1 Å². The van der Waals surface area contributed by atoms with Crippen molar-refractivity contribution in [3.8, 4) is 0 Å². The Kier molecular flexibility index (Phi) is 3.68. The fourth-order valence-electron chi connectivity index (χ4n) is 1.96. The number of aliphatic hydroxyl groups is 1. The number of nitrogens with one attached hydrogen (secondary N) is 1. The third kappa shape index (κ3) is 2.47. The first kappa shape index (κ1) is 14.7. The van der Waals surface area contributed by atoms with Crippen LogP contribution in [0.25, 0.3) is 0 Å². The van der Waals surface area contributed by atoms with E-state index in [4.69, 9.17) is 0 Å². The summed E-state index contributed by atoms with van der Waals surface area (Å²) in [6, 6.07) is 1.62. The Hall–Kier alpha value is -1.70. The van der Waals surface area contributed by atoms with Crippen molar-refractivity contribution in [3.63, 3.8) is 0 Å². The summed E-state index contributed by atoms with van der Waals surface area (Å²) < 4.78 is 64.1. The molecule has 0 aliphatic carbocycles. The van der Waals surface area contributed by atoms with Gasteiger partial charge in [-0.25, -0.2) is 13.2 Å². The molecule has 1 amide bonds. The van der Waals surface area contributed by atoms with Gasteiger partial charge >= 0.3 is 12.3 Å². The minimum absolute atomic E-state index is 0.0689. The van der Waals surface area contributed by atoms with Gasteiger partial charge in [0.15, 0.2) is 6.10 Å². The zero-order chi connectivity index (χ0) is 15.1. The highest BCUT2D eigenvalue weighted by Crippen LogP contribution is 2.39. The number of rotatable bonds is 3. The van der Waals surface area contributed by atoms with Gasteiger partial charge in [0.2, 0.25) is 5.91 Å². The van der Waals surface area contributed by atoms with Crippen LogP contribution in [0.5, 0.6) is 0 Å². The number of aliphatic hydroxyl groups excluding tert-OH is 1. The van der Waals surface area contributed by atoms with Gasteiger partial charge in [-0.05, 0) is 24.1 Å². The first-order chi connectivity index (χ1) is 9.23. The number of carbonyl (C=O) groups is 1. The van der Waals surface area contributed by atoms with Crippen LogP contribution < -0.4 is 5.32 Å². The van der Waals surface area contributed by atoms with E-state index in [0.29, 0.717) is 5.56 Å². The standard InChI is InChI=1S/C12H10F5NO2/c13-7-4-8-5(1-2-9(19)18-8)3-6(7)10(20)12(16,17)11(14)15/h3-4,10-11,20H,1-2H2,(H,18,19). The molecule has 3 nitrogen and oxygen atoms in total. The highest BCUT2D eigenvalue weighted by Gasteiger charge is 2.49. The molecule has 1 aliphatic rings. The number of anilines is 1. The van der Waals surface area contributed by atoms with E-state index >= 15 is 0 Å². The lowest BCUT2D eigenvalue weighted by Crippen LogP contribution is -2.35. The zero-order valence-corrected chi connectivity index (χ0v) is 9.97. The van der Waals surface area contributed by atoms with Gasteiger partial charge in [-0.3, -0.25) is 4.79 Å². The molecule has 1 aromatic carbocycles. The van der Waals surface area contributed by atoms with Crippen LogP contribution in [0.3, 0.4) is 0 Å². The molecule has 0 aromatic heterocycles. The maximum atomic E-state index is 13.7. The molecule has 1 unspecified atom stereocenters. The molecule has 1 aromatic rings. The van der Waals surface area contributed by atoms with Gasteiger partial charge < -0.3 is 10.4 Å². The molecule has 0 saturated carbocycles. The van der Waals surface area contributed by atoms with Crippen molar-refractivity contribution in [2.75, 3.05) is 5.32 Å². The summed E-state index contributed by atoms with van der Waals surface area (Å²) in [6.07, 6.45) is -6.85. The van der Waals surface area contributed by atoms with Crippen molar-refractivity contribution in [1.29, 1.82) is 0 Å². The molecule has 1 aliphatic heterocycles. The third-order valence-electron chi connectivity index (χ3n) is 3.07. The molecule has 0 bridgehead atoms. The minimum Gasteiger partial charge on any atom is -0.382 e. The number of fused-ring (bicyclic) bond motifs is 1. The van der Waals surface area contributed by atoms with Crippen LogP contribution in [0.1, 0.15) is 23.7 Å². The lowest BCUT2D eigenvalue weighted by molar-refractivity contribution is -0.194. The summed E-state index contributed by atoms with van der Waals surface area (Å²) in [4.78, 5) is 11.1. The molecule has 8 heteroatoms. The van der Waals surface area contributed by atoms with Crippen LogP contribution in [0.2, 0.25) is 0 Å². The van der Waals surface area contributed by atoms with Crippen LogP contribution in [0.4, 0.5) is 27.6 Å². The second-order valence-electron chi connectivity index (χ2n) is 4.46. The van der Waals surface area contributed by atoms with Gasteiger partial charge in [-0.1, -0.05) is 0 Å². The molecule has 110 valence electrons. The van der Waals surface area contributed by atoms with Crippen LogP contribution in [0.15, 0.2) is 12.1 Å². The van der Waals surface area contributed by atoms with Gasteiger partial charge in [0.1, 0.15) is 5.82 Å². The van der Waals surface area contributed by atoms with E-state index in [2.05, 4.69) is 5.32 Å². The van der Waals surface area contributed by atoms with E-state index in [1.54, 1.807) is 0 Å². The summed E-state index contributed by atoms with van der Waals surface area (Å²) in [5.41, 5.74) is -0.509. The summed E-state index contributed by atoms with van der Waals surface area (Å²) in [5.74, 6) is -6.39. The van der Waals surface area contributed by atoms with E-state index in [1.165, 1.54) is 0 Å². The summed E-state index contributed by atoms with van der Waals surface area (Å²) in [5, 5.41) is 11.6. The second-order valence-corrected chi connectivity index (χ2v) is 4.46. The first-order valence-corrected chi connectivity index (χ1v) is 5.69. The predicted molar refractivity (Wildman–Crippen MR) is 59.3 cm³/mol. The Morgan fingerprint density at radius 3 is 2.50 bits per heavy atom. The molecule has 0 saturated heterocycles. The Labute approximate surface area is 110 Å². The molecule has 1 heterocycles. The topological polar surface area (TPSA) is 49.3 Å². The highest BCUT2D eigenvalue weighted by atomic mass is 19.3. The zero-order valence-electron chi connectivity index (χ0n) is 9.97. The lowest BCUT2D eigenvalue weighted by Gasteiger charge is -2.24. The summed E-state index contributed by atoms with van der Waals surface area (Å²) in [7, 11) is 0. The summed E-state index contributed by atoms with van der Waals surface area (Å²) >= 11 is 0. The number of carbonyl (C=O) groups excluding carboxylic acids is 1. The van der Waals surface area contributed by atoms with Crippen molar-refractivity contribution >= 4 is 11.6 Å². The fourth-order valence-corrected chi connectivity index (χ4v) is 1.96. The number of amides is 1. The quantitative estimate of drug-likeness (QED) is 0.842. The molecule has 20 heavy (non-hydrogen) atoms. The predicted octanol–water partition coefficient (Wildman–Crippen LogP) is 2.64. The molecule has 0 fully saturated rings. The number of hydrogen-bond acceptors (Lipinski definition) is 2. The second kappa shape index (κ2) is 5.01. The Morgan fingerprint density at radius 1 is 1.25 bits per heavy atom. The smallest absolute Gasteiger partial charge is 0.336 e. The lowest BCUT2D eigenvalue weighted by atomic mass is 9.95. The van der Waals surface area contributed by atoms with Crippen molar-refractivity contribution in [2.45, 2.75) is 31.3 Å². The average Bonchev–Trinajstić information content (AvgIpc) is 2.36. The van der Waals surface area contributed by atoms with E-state index < -0.39 is 29.8 Å².